The first-order chi connectivity index (χ1) is 7.54. The molecular weight excluding hydrogens is 202 g/mol. The molecule has 0 spiro atoms. The van der Waals surface area contributed by atoms with Crippen molar-refractivity contribution in [2.24, 2.45) is 10.9 Å². The predicted molar refractivity (Wildman–Crippen MR) is 67.0 cm³/mol. The van der Waals surface area contributed by atoms with Gasteiger partial charge in [-0.05, 0) is 30.5 Å². The fourth-order valence-electron chi connectivity index (χ4n) is 1.40. The van der Waals surface area contributed by atoms with E-state index < -0.39 is 0 Å². The molecule has 0 saturated carbocycles. The maximum atomic E-state index is 8.55. The highest BCUT2D eigenvalue weighted by atomic mass is 16.4. The van der Waals surface area contributed by atoms with Crippen molar-refractivity contribution in [3.8, 4) is 0 Å². The SMILES string of the molecule is CC(Nc1cccc(C(C)C)c1)C(N)=NO. The molecule has 0 aliphatic rings. The monoisotopic (exact) mass is 221 g/mol. The molecule has 4 nitrogen and oxygen atoms in total. The van der Waals surface area contributed by atoms with Crippen molar-refractivity contribution in [3.05, 3.63) is 29.8 Å². The lowest BCUT2D eigenvalue weighted by atomic mass is 10.0. The van der Waals surface area contributed by atoms with Gasteiger partial charge >= 0.3 is 0 Å². The standard InChI is InChI=1S/C12H19N3O/c1-8(2)10-5-4-6-11(7-10)14-9(3)12(13)15-16/h4-9,14,16H,1-3H3,(H2,13,15). The summed E-state index contributed by atoms with van der Waals surface area (Å²) in [6.07, 6.45) is 0. The summed E-state index contributed by atoms with van der Waals surface area (Å²) in [4.78, 5) is 0. The molecule has 0 bridgehead atoms. The minimum absolute atomic E-state index is 0.176. The Labute approximate surface area is 96.2 Å². The lowest BCUT2D eigenvalue weighted by Crippen LogP contribution is -2.32. The van der Waals surface area contributed by atoms with E-state index >= 15 is 0 Å². The van der Waals surface area contributed by atoms with Crippen LogP contribution in [0.2, 0.25) is 0 Å². The van der Waals surface area contributed by atoms with Crippen molar-refractivity contribution in [1.82, 2.24) is 0 Å². The third-order valence-electron chi connectivity index (χ3n) is 2.50. The van der Waals surface area contributed by atoms with Crippen LogP contribution in [0.3, 0.4) is 0 Å². The van der Waals surface area contributed by atoms with Crippen molar-refractivity contribution < 1.29 is 5.21 Å². The Morgan fingerprint density at radius 2 is 2.06 bits per heavy atom. The summed E-state index contributed by atoms with van der Waals surface area (Å²) in [5.74, 6) is 0.663. The van der Waals surface area contributed by atoms with Gasteiger partial charge in [0.05, 0.1) is 6.04 Å². The highest BCUT2D eigenvalue weighted by molar-refractivity contribution is 5.87. The Hall–Kier alpha value is -1.71. The van der Waals surface area contributed by atoms with Gasteiger partial charge in [-0.15, -0.1) is 0 Å². The van der Waals surface area contributed by atoms with Crippen molar-refractivity contribution in [1.29, 1.82) is 0 Å². The van der Waals surface area contributed by atoms with E-state index in [1.807, 2.05) is 19.1 Å². The van der Waals surface area contributed by atoms with Crippen LogP contribution in [0.25, 0.3) is 0 Å². The van der Waals surface area contributed by atoms with E-state index in [-0.39, 0.29) is 11.9 Å². The number of hydrogen-bond acceptors (Lipinski definition) is 3. The lowest BCUT2D eigenvalue weighted by Gasteiger charge is -2.15. The van der Waals surface area contributed by atoms with Gasteiger partial charge in [0.1, 0.15) is 0 Å². The molecule has 1 atom stereocenters. The highest BCUT2D eigenvalue weighted by Gasteiger charge is 2.07. The van der Waals surface area contributed by atoms with Crippen LogP contribution in [0.15, 0.2) is 29.4 Å². The zero-order valence-corrected chi connectivity index (χ0v) is 9.94. The number of amidine groups is 1. The van der Waals surface area contributed by atoms with Gasteiger partial charge in [-0.2, -0.15) is 0 Å². The Morgan fingerprint density at radius 1 is 1.38 bits per heavy atom. The Kier molecular flexibility index (Phi) is 4.17. The first kappa shape index (κ1) is 12.4. The minimum atomic E-state index is -0.188. The molecule has 4 heteroatoms. The average Bonchev–Trinajstić information content (AvgIpc) is 2.28. The third-order valence-corrected chi connectivity index (χ3v) is 2.50. The van der Waals surface area contributed by atoms with E-state index in [2.05, 4.69) is 36.5 Å². The summed E-state index contributed by atoms with van der Waals surface area (Å²) < 4.78 is 0. The van der Waals surface area contributed by atoms with E-state index in [0.29, 0.717) is 5.92 Å². The third kappa shape index (κ3) is 3.15. The van der Waals surface area contributed by atoms with Crippen LogP contribution in [0.1, 0.15) is 32.3 Å². The molecule has 88 valence electrons. The van der Waals surface area contributed by atoms with E-state index in [1.54, 1.807) is 0 Å². The fourth-order valence-corrected chi connectivity index (χ4v) is 1.40. The highest BCUT2D eigenvalue weighted by Crippen LogP contribution is 2.18. The molecule has 0 aromatic heterocycles. The molecule has 0 fully saturated rings. The van der Waals surface area contributed by atoms with Gasteiger partial charge < -0.3 is 16.3 Å². The Balaban J connectivity index is 2.78. The topological polar surface area (TPSA) is 70.6 Å². The second kappa shape index (κ2) is 5.39. The van der Waals surface area contributed by atoms with Gasteiger partial charge in [0.15, 0.2) is 5.84 Å². The molecule has 0 amide bonds. The molecular formula is C12H19N3O. The number of anilines is 1. The molecule has 0 saturated heterocycles. The van der Waals surface area contributed by atoms with Crippen LogP contribution in [0.4, 0.5) is 5.69 Å². The maximum absolute atomic E-state index is 8.55. The van der Waals surface area contributed by atoms with Crippen LogP contribution in [0.5, 0.6) is 0 Å². The van der Waals surface area contributed by atoms with Crippen molar-refractivity contribution in [2.45, 2.75) is 32.7 Å². The quantitative estimate of drug-likeness (QED) is 0.316. The molecule has 4 N–H and O–H groups in total. The van der Waals surface area contributed by atoms with Crippen molar-refractivity contribution in [3.63, 3.8) is 0 Å². The van der Waals surface area contributed by atoms with Crippen LogP contribution in [0, 0.1) is 0 Å². The van der Waals surface area contributed by atoms with Crippen LogP contribution < -0.4 is 11.1 Å². The second-order valence-corrected chi connectivity index (χ2v) is 4.17. The number of nitrogens with two attached hydrogens (primary N) is 1. The largest absolute Gasteiger partial charge is 0.409 e. The zero-order chi connectivity index (χ0) is 12.1. The average molecular weight is 221 g/mol. The molecule has 1 rings (SSSR count). The van der Waals surface area contributed by atoms with E-state index in [9.17, 15) is 0 Å². The zero-order valence-electron chi connectivity index (χ0n) is 9.94. The number of hydrogen-bond donors (Lipinski definition) is 3. The number of nitrogens with one attached hydrogen (secondary N) is 1. The maximum Gasteiger partial charge on any atom is 0.161 e. The first-order valence-electron chi connectivity index (χ1n) is 5.38. The molecule has 0 heterocycles. The molecule has 1 aromatic carbocycles. The summed E-state index contributed by atoms with van der Waals surface area (Å²) in [7, 11) is 0. The lowest BCUT2D eigenvalue weighted by molar-refractivity contribution is 0.316. The van der Waals surface area contributed by atoms with Gasteiger partial charge in [0.25, 0.3) is 0 Å². The van der Waals surface area contributed by atoms with E-state index in [1.165, 1.54) is 5.56 Å². The minimum Gasteiger partial charge on any atom is -0.409 e. The number of benzene rings is 1. The van der Waals surface area contributed by atoms with Crippen molar-refractivity contribution >= 4 is 11.5 Å². The van der Waals surface area contributed by atoms with Gasteiger partial charge in [-0.3, -0.25) is 0 Å². The second-order valence-electron chi connectivity index (χ2n) is 4.17. The number of nitrogens with zero attached hydrogens (tertiary/aromatic N) is 1. The molecule has 1 unspecified atom stereocenters. The van der Waals surface area contributed by atoms with Gasteiger partial charge in [-0.25, -0.2) is 0 Å². The molecule has 0 radical (unpaired) electrons. The molecule has 0 aliphatic heterocycles. The number of rotatable bonds is 4. The normalized spacial score (nSPS) is 13.9. The summed E-state index contributed by atoms with van der Waals surface area (Å²) in [5.41, 5.74) is 7.74. The smallest absolute Gasteiger partial charge is 0.161 e. The molecule has 1 aromatic rings. The van der Waals surface area contributed by atoms with Gasteiger partial charge in [0, 0.05) is 5.69 Å². The number of oxime groups is 1. The Morgan fingerprint density at radius 3 is 2.62 bits per heavy atom. The summed E-state index contributed by atoms with van der Waals surface area (Å²) >= 11 is 0. The van der Waals surface area contributed by atoms with Crippen LogP contribution in [-0.4, -0.2) is 17.1 Å². The van der Waals surface area contributed by atoms with Crippen molar-refractivity contribution in [2.75, 3.05) is 5.32 Å². The summed E-state index contributed by atoms with van der Waals surface area (Å²) in [6, 6.07) is 7.94. The Bertz CT molecular complexity index is 374. The van der Waals surface area contributed by atoms with E-state index in [4.69, 9.17) is 10.9 Å². The first-order valence-corrected chi connectivity index (χ1v) is 5.38. The van der Waals surface area contributed by atoms with Crippen LogP contribution >= 0.6 is 0 Å². The molecule has 16 heavy (non-hydrogen) atoms. The van der Waals surface area contributed by atoms with Gasteiger partial charge in [0.2, 0.25) is 0 Å². The molecule has 0 aliphatic carbocycles. The van der Waals surface area contributed by atoms with Gasteiger partial charge in [-0.1, -0.05) is 31.1 Å². The summed E-state index contributed by atoms with van der Waals surface area (Å²) in [5, 5.41) is 14.7. The summed E-state index contributed by atoms with van der Waals surface area (Å²) in [6.45, 7) is 6.13. The predicted octanol–water partition coefficient (Wildman–Crippen LogP) is 2.36. The fraction of sp³-hybridized carbons (Fsp3) is 0.417. The van der Waals surface area contributed by atoms with E-state index in [0.717, 1.165) is 5.69 Å². The van der Waals surface area contributed by atoms with Crippen LogP contribution in [-0.2, 0) is 0 Å².